The molecule has 3 N–H and O–H groups in total. The number of hydrogen-bond acceptors (Lipinski definition) is 11. The predicted octanol–water partition coefficient (Wildman–Crippen LogP) is 9.59. The lowest BCUT2D eigenvalue weighted by molar-refractivity contribution is 0.0195. The number of rotatable bonds is 21. The fraction of sp³-hybridized carbons (Fsp3) is 0.404. The van der Waals surface area contributed by atoms with Crippen molar-refractivity contribution in [3.8, 4) is 0 Å². The average molecular weight is 933 g/mol. The van der Waals surface area contributed by atoms with Crippen molar-refractivity contribution in [1.29, 1.82) is 0 Å². The van der Waals surface area contributed by atoms with Gasteiger partial charge in [-0.1, -0.05) is 133 Å². The molecule has 14 heteroatoms. The van der Waals surface area contributed by atoms with Gasteiger partial charge >= 0.3 is 15.2 Å². The Bertz CT molecular complexity index is 2310. The first-order valence-electron chi connectivity index (χ1n) is 23.4. The highest BCUT2D eigenvalue weighted by atomic mass is 31.2. The van der Waals surface area contributed by atoms with E-state index in [1.54, 1.807) is 24.3 Å². The molecule has 6 heterocycles. The molecule has 12 nitrogen and oxygen atoms in total. The zero-order valence-corrected chi connectivity index (χ0v) is 39.2. The summed E-state index contributed by atoms with van der Waals surface area (Å²) in [5, 5.41) is 18.6. The first-order chi connectivity index (χ1) is 32.2. The second kappa shape index (κ2) is 21.8. The lowest BCUT2D eigenvalue weighted by atomic mass is 9.79. The van der Waals surface area contributed by atoms with Gasteiger partial charge in [0, 0.05) is 30.5 Å². The van der Waals surface area contributed by atoms with E-state index in [0.717, 1.165) is 74.1 Å². The Morgan fingerprint density at radius 1 is 0.530 bits per heavy atom. The second-order valence-corrected chi connectivity index (χ2v) is 22.6. The Kier molecular flexibility index (Phi) is 15.4. The SMILES string of the molecule is O=C(NC([C@H]1CN2CCC1CC2)P(=O)(OCc1ccccc1)OCc1ccccc1)c1ccc(C(O)NC([C@H]2CN3CCC2CC3)P(=O)(OCc2ccccc2)OCc2ccccc2)cc1. The van der Waals surface area contributed by atoms with Crippen LogP contribution in [-0.2, 0) is 53.7 Å². The summed E-state index contributed by atoms with van der Waals surface area (Å²) in [6.45, 7) is 5.54. The molecule has 6 aliphatic rings. The molecule has 66 heavy (non-hydrogen) atoms. The Morgan fingerprint density at radius 2 is 0.879 bits per heavy atom. The Balaban J connectivity index is 0.966. The molecule has 5 atom stereocenters. The van der Waals surface area contributed by atoms with E-state index < -0.39 is 38.9 Å². The van der Waals surface area contributed by atoms with E-state index in [2.05, 4.69) is 20.4 Å². The van der Waals surface area contributed by atoms with E-state index >= 15 is 9.13 Å². The molecular formula is C52H62N4O8P2. The third kappa shape index (κ3) is 11.5. The molecule has 6 aliphatic heterocycles. The van der Waals surface area contributed by atoms with E-state index in [1.807, 2.05) is 121 Å². The van der Waals surface area contributed by atoms with Crippen molar-refractivity contribution in [1.82, 2.24) is 20.4 Å². The summed E-state index contributed by atoms with van der Waals surface area (Å²) in [6.07, 6.45) is 2.53. The lowest BCUT2D eigenvalue weighted by Crippen LogP contribution is -2.55. The molecule has 5 aromatic carbocycles. The van der Waals surface area contributed by atoms with E-state index in [0.29, 0.717) is 24.2 Å². The van der Waals surface area contributed by atoms with Gasteiger partial charge in [0.1, 0.15) is 17.8 Å². The van der Waals surface area contributed by atoms with Crippen molar-refractivity contribution in [3.63, 3.8) is 0 Å². The smallest absolute Gasteiger partial charge is 0.353 e. The van der Waals surface area contributed by atoms with Crippen LogP contribution in [0.4, 0.5) is 0 Å². The van der Waals surface area contributed by atoms with Crippen LogP contribution in [0.5, 0.6) is 0 Å². The monoisotopic (exact) mass is 932 g/mol. The highest BCUT2D eigenvalue weighted by molar-refractivity contribution is 7.54. The van der Waals surface area contributed by atoms with Crippen LogP contribution in [0.15, 0.2) is 146 Å². The standard InChI is InChI=1S/C52H62N4O8P2/c57-49(53-51(47-33-55-29-25-43(47)26-30-55)65(59,61-35-39-13-5-1-6-14-39)62-36-40-15-7-2-8-16-40)45-21-23-46(24-22-45)50(58)54-52(48-34-56-31-27-44(48)28-32-56)66(60,63-37-41-17-9-3-10-18-41)64-38-42-19-11-4-12-20-42/h1-24,43-44,47-49,51-53,57H,25-38H2,(H,54,58)/t47-,48-,49?,51?,52?/m0/s1. The number of carbonyl (C=O) groups is 1. The Morgan fingerprint density at radius 3 is 1.23 bits per heavy atom. The zero-order chi connectivity index (χ0) is 45.4. The summed E-state index contributed by atoms with van der Waals surface area (Å²) < 4.78 is 56.4. The normalized spacial score (nSPS) is 24.1. The Labute approximate surface area is 389 Å². The summed E-state index contributed by atoms with van der Waals surface area (Å²) in [4.78, 5) is 19.2. The minimum Gasteiger partial charge on any atom is -0.374 e. The molecule has 348 valence electrons. The molecule has 0 spiro atoms. The Hall–Kier alpha value is -4.29. The number of nitrogens with one attached hydrogen (secondary N) is 2. The lowest BCUT2D eigenvalue weighted by Gasteiger charge is -2.49. The highest BCUT2D eigenvalue weighted by Crippen LogP contribution is 2.60. The van der Waals surface area contributed by atoms with Crippen LogP contribution in [0.2, 0.25) is 0 Å². The number of aliphatic hydroxyl groups excluding tert-OH is 1. The molecule has 6 fully saturated rings. The average Bonchev–Trinajstić information content (AvgIpc) is 3.39. The van der Waals surface area contributed by atoms with Crippen LogP contribution in [0.25, 0.3) is 0 Å². The van der Waals surface area contributed by atoms with Crippen molar-refractivity contribution in [2.45, 2.75) is 69.9 Å². The maximum absolute atomic E-state index is 15.4. The molecule has 0 saturated carbocycles. The van der Waals surface area contributed by atoms with Crippen molar-refractivity contribution < 1.29 is 37.1 Å². The number of nitrogens with zero attached hydrogens (tertiary/aromatic N) is 2. The quantitative estimate of drug-likeness (QED) is 0.0479. The molecule has 0 aromatic heterocycles. The van der Waals surface area contributed by atoms with Gasteiger partial charge in [-0.2, -0.15) is 0 Å². The first-order valence-corrected chi connectivity index (χ1v) is 26.7. The van der Waals surface area contributed by atoms with Gasteiger partial charge < -0.3 is 38.3 Å². The molecule has 0 radical (unpaired) electrons. The maximum atomic E-state index is 15.4. The summed E-state index contributed by atoms with van der Waals surface area (Å²) in [6, 6.07) is 45.1. The summed E-state index contributed by atoms with van der Waals surface area (Å²) >= 11 is 0. The molecule has 0 aliphatic carbocycles. The van der Waals surface area contributed by atoms with Gasteiger partial charge in [-0.15, -0.1) is 0 Å². The third-order valence-electron chi connectivity index (χ3n) is 14.0. The zero-order valence-electron chi connectivity index (χ0n) is 37.4. The van der Waals surface area contributed by atoms with Crippen molar-refractivity contribution in [2.75, 3.05) is 39.3 Å². The molecule has 5 aromatic rings. The molecule has 3 unspecified atom stereocenters. The van der Waals surface area contributed by atoms with E-state index in [1.165, 1.54) is 0 Å². The van der Waals surface area contributed by atoms with E-state index in [4.69, 9.17) is 18.1 Å². The number of amides is 1. The predicted molar refractivity (Wildman–Crippen MR) is 255 cm³/mol. The van der Waals surface area contributed by atoms with Gasteiger partial charge in [0.15, 0.2) is 0 Å². The number of piperidine rings is 6. The van der Waals surface area contributed by atoms with Crippen LogP contribution in [0, 0.1) is 23.7 Å². The van der Waals surface area contributed by atoms with Crippen molar-refractivity contribution >= 4 is 21.1 Å². The number of fused-ring (bicyclic) bond motifs is 6. The minimum atomic E-state index is -4.02. The van der Waals surface area contributed by atoms with Crippen LogP contribution in [-0.4, -0.2) is 71.6 Å². The maximum Gasteiger partial charge on any atom is 0.353 e. The topological polar surface area (TPSA) is 139 Å². The van der Waals surface area contributed by atoms with Gasteiger partial charge in [0.25, 0.3) is 5.91 Å². The van der Waals surface area contributed by atoms with E-state index in [9.17, 15) is 9.90 Å². The fourth-order valence-electron chi connectivity index (χ4n) is 10.3. The first kappa shape index (κ1) is 46.8. The largest absolute Gasteiger partial charge is 0.374 e. The van der Waals surface area contributed by atoms with Crippen LogP contribution >= 0.6 is 15.2 Å². The van der Waals surface area contributed by atoms with Gasteiger partial charge in [-0.25, -0.2) is 0 Å². The molecular weight excluding hydrogens is 871 g/mol. The van der Waals surface area contributed by atoms with Crippen molar-refractivity contribution in [3.05, 3.63) is 179 Å². The molecule has 11 rings (SSSR count). The van der Waals surface area contributed by atoms with Crippen LogP contribution in [0.1, 0.15) is 70.1 Å². The highest BCUT2D eigenvalue weighted by Gasteiger charge is 2.51. The number of carbonyl (C=O) groups excluding carboxylic acids is 1. The van der Waals surface area contributed by atoms with Crippen molar-refractivity contribution in [2.24, 2.45) is 23.7 Å². The second-order valence-electron chi connectivity index (χ2n) is 18.3. The van der Waals surface area contributed by atoms with Crippen LogP contribution in [0.3, 0.4) is 0 Å². The molecule has 1 amide bonds. The summed E-state index contributed by atoms with van der Waals surface area (Å²) in [7, 11) is -8.00. The number of hydrogen-bond donors (Lipinski definition) is 3. The van der Waals surface area contributed by atoms with Gasteiger partial charge in [0.05, 0.1) is 26.4 Å². The van der Waals surface area contributed by atoms with Gasteiger partial charge in [0.2, 0.25) is 0 Å². The summed E-state index contributed by atoms with van der Waals surface area (Å²) in [5.41, 5.74) is 4.22. The molecule has 4 bridgehead atoms. The van der Waals surface area contributed by atoms with Crippen LogP contribution < -0.4 is 10.6 Å². The number of aliphatic hydroxyl groups is 1. The third-order valence-corrected chi connectivity index (χ3v) is 18.4. The van der Waals surface area contributed by atoms with E-state index in [-0.39, 0.29) is 50.1 Å². The fourth-order valence-corrected chi connectivity index (χ4v) is 14.6. The van der Waals surface area contributed by atoms with Gasteiger partial charge in [-0.3, -0.25) is 19.2 Å². The molecule has 6 saturated heterocycles. The van der Waals surface area contributed by atoms with Gasteiger partial charge in [-0.05, 0) is 104 Å². The number of benzene rings is 5. The minimum absolute atomic E-state index is 0.0577. The summed E-state index contributed by atoms with van der Waals surface area (Å²) in [5.74, 6) is -1.93.